The lowest BCUT2D eigenvalue weighted by molar-refractivity contribution is -0.147. The van der Waals surface area contributed by atoms with Gasteiger partial charge >= 0.3 is 5.97 Å². The average molecular weight is 294 g/mol. The fraction of sp³-hybridized carbons (Fsp3) is 0.533. The van der Waals surface area contributed by atoms with Crippen LogP contribution in [0, 0.1) is 5.41 Å². The summed E-state index contributed by atoms with van der Waals surface area (Å²) in [6, 6.07) is 3.38. The van der Waals surface area contributed by atoms with Crippen molar-refractivity contribution in [3.63, 3.8) is 0 Å². The van der Waals surface area contributed by atoms with Gasteiger partial charge in [0.1, 0.15) is 0 Å². The molecular formula is C15H22N2O4. The van der Waals surface area contributed by atoms with Gasteiger partial charge in [-0.2, -0.15) is 0 Å². The molecule has 1 aromatic heterocycles. The van der Waals surface area contributed by atoms with Gasteiger partial charge in [0.15, 0.2) is 11.4 Å². The highest BCUT2D eigenvalue weighted by atomic mass is 16.5. The average Bonchev–Trinajstić information content (AvgIpc) is 2.38. The number of carbonyl (C=O) groups excluding carboxylic acids is 1. The van der Waals surface area contributed by atoms with Crippen molar-refractivity contribution in [2.45, 2.75) is 40.2 Å². The van der Waals surface area contributed by atoms with E-state index in [-0.39, 0.29) is 24.2 Å². The number of nitrogens with zero attached hydrogens (tertiary/aromatic N) is 1. The van der Waals surface area contributed by atoms with E-state index in [4.69, 9.17) is 9.84 Å². The van der Waals surface area contributed by atoms with Gasteiger partial charge in [0.25, 0.3) is 5.91 Å². The molecule has 1 amide bonds. The largest absolute Gasteiger partial charge is 0.489 e. The summed E-state index contributed by atoms with van der Waals surface area (Å²) in [6.07, 6.45) is 1.79. The van der Waals surface area contributed by atoms with Gasteiger partial charge in [0.2, 0.25) is 0 Å². The third kappa shape index (κ3) is 5.06. The number of hydrogen-bond donors (Lipinski definition) is 2. The molecule has 0 bridgehead atoms. The van der Waals surface area contributed by atoms with Crippen molar-refractivity contribution in [2.75, 3.05) is 6.54 Å². The van der Waals surface area contributed by atoms with E-state index in [9.17, 15) is 9.59 Å². The van der Waals surface area contributed by atoms with Crippen LogP contribution in [-0.4, -0.2) is 34.6 Å². The Morgan fingerprint density at radius 2 is 2.10 bits per heavy atom. The number of carbonyl (C=O) groups is 2. The Labute approximate surface area is 124 Å². The summed E-state index contributed by atoms with van der Waals surface area (Å²) < 4.78 is 5.53. The zero-order valence-corrected chi connectivity index (χ0v) is 12.8. The third-order valence-corrected chi connectivity index (χ3v) is 2.96. The van der Waals surface area contributed by atoms with E-state index in [1.807, 2.05) is 13.8 Å². The molecule has 116 valence electrons. The summed E-state index contributed by atoms with van der Waals surface area (Å²) in [5.41, 5.74) is -0.673. The molecule has 0 saturated carbocycles. The van der Waals surface area contributed by atoms with E-state index in [2.05, 4.69) is 10.3 Å². The normalized spacial score (nSPS) is 11.3. The SMILES string of the molecule is CC(C)Oc1cccnc1C(=O)NCCC(C)(C)C(=O)O. The number of rotatable bonds is 7. The molecule has 0 aliphatic heterocycles. The first-order valence-electron chi connectivity index (χ1n) is 6.87. The number of ether oxygens (including phenoxy) is 1. The van der Waals surface area contributed by atoms with Crippen LogP contribution in [0.3, 0.4) is 0 Å². The lowest BCUT2D eigenvalue weighted by Crippen LogP contribution is -2.32. The highest BCUT2D eigenvalue weighted by Gasteiger charge is 2.27. The molecule has 0 aliphatic carbocycles. The fourth-order valence-electron chi connectivity index (χ4n) is 1.59. The van der Waals surface area contributed by atoms with Crippen LogP contribution in [0.15, 0.2) is 18.3 Å². The number of aromatic nitrogens is 1. The number of nitrogens with one attached hydrogen (secondary N) is 1. The molecule has 0 spiro atoms. The third-order valence-electron chi connectivity index (χ3n) is 2.96. The Balaban J connectivity index is 2.66. The van der Waals surface area contributed by atoms with Gasteiger partial charge in [0, 0.05) is 12.7 Å². The number of pyridine rings is 1. The molecule has 1 rings (SSSR count). The van der Waals surface area contributed by atoms with Gasteiger partial charge < -0.3 is 15.2 Å². The van der Waals surface area contributed by atoms with Gasteiger partial charge in [-0.15, -0.1) is 0 Å². The molecule has 21 heavy (non-hydrogen) atoms. The number of carboxylic acids is 1. The molecule has 0 aliphatic rings. The van der Waals surface area contributed by atoms with Gasteiger partial charge in [0.05, 0.1) is 11.5 Å². The lowest BCUT2D eigenvalue weighted by Gasteiger charge is -2.19. The summed E-state index contributed by atoms with van der Waals surface area (Å²) in [5.74, 6) is -0.839. The Kier molecular flexibility index (Phi) is 5.69. The minimum Gasteiger partial charge on any atom is -0.489 e. The molecule has 0 saturated heterocycles. The molecule has 6 heteroatoms. The molecule has 0 aromatic carbocycles. The van der Waals surface area contributed by atoms with Crippen LogP contribution >= 0.6 is 0 Å². The lowest BCUT2D eigenvalue weighted by atomic mass is 9.90. The molecule has 0 fully saturated rings. The molecule has 1 aromatic rings. The standard InChI is InChI=1S/C15H22N2O4/c1-10(2)21-11-6-5-8-16-12(11)13(18)17-9-7-15(3,4)14(19)20/h5-6,8,10H,7,9H2,1-4H3,(H,17,18)(H,19,20). The summed E-state index contributed by atoms with van der Waals surface area (Å²) in [6.45, 7) is 7.23. The van der Waals surface area contributed by atoms with Crippen molar-refractivity contribution in [2.24, 2.45) is 5.41 Å². The maximum atomic E-state index is 12.1. The van der Waals surface area contributed by atoms with Crippen molar-refractivity contribution in [1.82, 2.24) is 10.3 Å². The second kappa shape index (κ2) is 7.06. The highest BCUT2D eigenvalue weighted by molar-refractivity contribution is 5.94. The smallest absolute Gasteiger partial charge is 0.309 e. The fourth-order valence-corrected chi connectivity index (χ4v) is 1.59. The Morgan fingerprint density at radius 1 is 1.43 bits per heavy atom. The van der Waals surface area contributed by atoms with Crippen molar-refractivity contribution in [3.05, 3.63) is 24.0 Å². The van der Waals surface area contributed by atoms with Crippen LogP contribution in [0.2, 0.25) is 0 Å². The minimum absolute atomic E-state index is 0.0632. The van der Waals surface area contributed by atoms with Crippen LogP contribution in [-0.2, 0) is 4.79 Å². The van der Waals surface area contributed by atoms with E-state index >= 15 is 0 Å². The van der Waals surface area contributed by atoms with Gasteiger partial charge in [-0.3, -0.25) is 9.59 Å². The first-order chi connectivity index (χ1) is 9.74. The highest BCUT2D eigenvalue weighted by Crippen LogP contribution is 2.20. The predicted molar refractivity (Wildman–Crippen MR) is 78.4 cm³/mol. The van der Waals surface area contributed by atoms with Crippen LogP contribution in [0.1, 0.15) is 44.6 Å². The summed E-state index contributed by atoms with van der Waals surface area (Å²) in [7, 11) is 0. The van der Waals surface area contributed by atoms with Crippen molar-refractivity contribution in [3.8, 4) is 5.75 Å². The van der Waals surface area contributed by atoms with Crippen LogP contribution < -0.4 is 10.1 Å². The zero-order valence-electron chi connectivity index (χ0n) is 12.8. The topological polar surface area (TPSA) is 88.5 Å². The van der Waals surface area contributed by atoms with Crippen molar-refractivity contribution >= 4 is 11.9 Å². The summed E-state index contributed by atoms with van der Waals surface area (Å²) >= 11 is 0. The van der Waals surface area contributed by atoms with E-state index in [0.29, 0.717) is 12.2 Å². The molecule has 0 atom stereocenters. The Hall–Kier alpha value is -2.11. The molecule has 0 radical (unpaired) electrons. The number of carboxylic acid groups (broad SMARTS) is 1. The van der Waals surface area contributed by atoms with E-state index in [1.165, 1.54) is 6.20 Å². The summed E-state index contributed by atoms with van der Waals surface area (Å²) in [5, 5.41) is 11.7. The van der Waals surface area contributed by atoms with Crippen LogP contribution in [0.4, 0.5) is 0 Å². The van der Waals surface area contributed by atoms with Crippen LogP contribution in [0.5, 0.6) is 5.75 Å². The molecular weight excluding hydrogens is 272 g/mol. The number of amides is 1. The molecule has 6 nitrogen and oxygen atoms in total. The quantitative estimate of drug-likeness (QED) is 0.804. The van der Waals surface area contributed by atoms with E-state index < -0.39 is 11.4 Å². The number of aliphatic carboxylic acids is 1. The first-order valence-corrected chi connectivity index (χ1v) is 6.87. The van der Waals surface area contributed by atoms with E-state index in [1.54, 1.807) is 26.0 Å². The Bertz CT molecular complexity index is 512. The Morgan fingerprint density at radius 3 is 2.67 bits per heavy atom. The second-order valence-electron chi connectivity index (χ2n) is 5.71. The van der Waals surface area contributed by atoms with Crippen molar-refractivity contribution < 1.29 is 19.4 Å². The predicted octanol–water partition coefficient (Wildman–Crippen LogP) is 2.10. The molecule has 0 unspecified atom stereocenters. The molecule has 1 heterocycles. The maximum Gasteiger partial charge on any atom is 0.309 e. The van der Waals surface area contributed by atoms with Gasteiger partial charge in [-0.1, -0.05) is 0 Å². The second-order valence-corrected chi connectivity index (χ2v) is 5.71. The summed E-state index contributed by atoms with van der Waals surface area (Å²) in [4.78, 5) is 27.1. The van der Waals surface area contributed by atoms with Crippen LogP contribution in [0.25, 0.3) is 0 Å². The zero-order chi connectivity index (χ0) is 16.0. The first kappa shape index (κ1) is 16.9. The van der Waals surface area contributed by atoms with E-state index in [0.717, 1.165) is 0 Å². The maximum absolute atomic E-state index is 12.1. The van der Waals surface area contributed by atoms with Gasteiger partial charge in [-0.05, 0) is 46.2 Å². The molecule has 2 N–H and O–H groups in total. The number of hydrogen-bond acceptors (Lipinski definition) is 4. The van der Waals surface area contributed by atoms with Crippen molar-refractivity contribution in [1.29, 1.82) is 0 Å². The van der Waals surface area contributed by atoms with Gasteiger partial charge in [-0.25, -0.2) is 4.98 Å². The minimum atomic E-state index is -0.890. The monoisotopic (exact) mass is 294 g/mol.